The van der Waals surface area contributed by atoms with Crippen molar-refractivity contribution in [1.29, 1.82) is 0 Å². The van der Waals surface area contributed by atoms with Crippen LogP contribution in [0.5, 0.6) is 0 Å². The Balaban J connectivity index is 1.54. The number of carbonyl (C=O) groups is 2. The van der Waals surface area contributed by atoms with Crippen LogP contribution in [0.2, 0.25) is 0 Å². The van der Waals surface area contributed by atoms with Gasteiger partial charge in [-0.1, -0.05) is 6.07 Å². The highest BCUT2D eigenvalue weighted by Gasteiger charge is 2.27. The number of aromatic nitrogens is 2. The SMILES string of the molecule is CNC(=O)c1cnc(S(=O)(=O)NC(=O)Nc2c3c(cc4c2CCC4)CCC3)cn1. The van der Waals surface area contributed by atoms with Crippen LogP contribution in [0.1, 0.15) is 45.6 Å². The molecule has 9 nitrogen and oxygen atoms in total. The summed E-state index contributed by atoms with van der Waals surface area (Å²) in [4.78, 5) is 31.5. The van der Waals surface area contributed by atoms with Gasteiger partial charge in [-0.2, -0.15) is 8.42 Å². The van der Waals surface area contributed by atoms with E-state index in [1.807, 2.05) is 4.72 Å². The van der Waals surface area contributed by atoms with E-state index in [-0.39, 0.29) is 5.69 Å². The van der Waals surface area contributed by atoms with Gasteiger partial charge >= 0.3 is 6.03 Å². The van der Waals surface area contributed by atoms with Crippen molar-refractivity contribution in [2.45, 2.75) is 43.6 Å². The summed E-state index contributed by atoms with van der Waals surface area (Å²) in [7, 11) is -2.80. The molecule has 0 radical (unpaired) electrons. The molecule has 29 heavy (non-hydrogen) atoms. The number of anilines is 1. The lowest BCUT2D eigenvalue weighted by molar-refractivity contribution is 0.0957. The van der Waals surface area contributed by atoms with Gasteiger partial charge in [0.1, 0.15) is 5.69 Å². The lowest BCUT2D eigenvalue weighted by Gasteiger charge is -2.16. The molecule has 1 aromatic carbocycles. The quantitative estimate of drug-likeness (QED) is 0.691. The third-order valence-corrected chi connectivity index (χ3v) is 6.52. The molecule has 2 aliphatic carbocycles. The van der Waals surface area contributed by atoms with Gasteiger partial charge in [-0.3, -0.25) is 4.79 Å². The number of sulfonamides is 1. The summed E-state index contributed by atoms with van der Waals surface area (Å²) in [6, 6.07) is 1.39. The highest BCUT2D eigenvalue weighted by Crippen LogP contribution is 2.38. The maximum absolute atomic E-state index is 12.5. The van der Waals surface area contributed by atoms with Gasteiger partial charge in [-0.15, -0.1) is 0 Å². The Morgan fingerprint density at radius 3 is 2.17 bits per heavy atom. The molecule has 4 rings (SSSR count). The van der Waals surface area contributed by atoms with E-state index in [1.54, 1.807) is 0 Å². The second-order valence-electron chi connectivity index (χ2n) is 7.11. The van der Waals surface area contributed by atoms with Crippen LogP contribution in [0, 0.1) is 0 Å². The summed E-state index contributed by atoms with van der Waals surface area (Å²) in [5.74, 6) is -0.487. The number of hydrogen-bond donors (Lipinski definition) is 3. The zero-order valence-corrected chi connectivity index (χ0v) is 16.7. The summed E-state index contributed by atoms with van der Waals surface area (Å²) in [5.41, 5.74) is 5.41. The summed E-state index contributed by atoms with van der Waals surface area (Å²) in [5, 5.41) is 4.69. The van der Waals surface area contributed by atoms with Gasteiger partial charge in [-0.05, 0) is 60.8 Å². The Kier molecular flexibility index (Phi) is 4.95. The molecule has 2 aliphatic rings. The molecule has 152 valence electrons. The van der Waals surface area contributed by atoms with E-state index in [4.69, 9.17) is 0 Å². The lowest BCUT2D eigenvalue weighted by atomic mass is 9.99. The number of amides is 3. The lowest BCUT2D eigenvalue weighted by Crippen LogP contribution is -2.35. The molecule has 3 N–H and O–H groups in total. The Hall–Kier alpha value is -3.01. The van der Waals surface area contributed by atoms with Gasteiger partial charge in [0.2, 0.25) is 0 Å². The maximum Gasteiger partial charge on any atom is 0.333 e. The van der Waals surface area contributed by atoms with Crippen LogP contribution in [0.3, 0.4) is 0 Å². The number of aryl methyl sites for hydroxylation is 2. The molecule has 0 bridgehead atoms. The number of carbonyl (C=O) groups excluding carboxylic acids is 2. The van der Waals surface area contributed by atoms with Crippen molar-refractivity contribution in [2.24, 2.45) is 0 Å². The molecule has 3 amide bonds. The number of benzene rings is 1. The highest BCUT2D eigenvalue weighted by molar-refractivity contribution is 7.90. The zero-order chi connectivity index (χ0) is 20.6. The number of hydrogen-bond acceptors (Lipinski definition) is 6. The fourth-order valence-corrected chi connectivity index (χ4v) is 4.76. The first-order valence-electron chi connectivity index (χ1n) is 9.43. The molecule has 0 atom stereocenters. The van der Waals surface area contributed by atoms with E-state index < -0.39 is 27.0 Å². The molecule has 1 aromatic heterocycles. The Morgan fingerprint density at radius 2 is 1.62 bits per heavy atom. The minimum atomic E-state index is -4.22. The van der Waals surface area contributed by atoms with E-state index in [0.29, 0.717) is 0 Å². The molecular weight excluding hydrogens is 394 g/mol. The smallest absolute Gasteiger partial charge is 0.333 e. The van der Waals surface area contributed by atoms with Crippen molar-refractivity contribution in [1.82, 2.24) is 20.0 Å². The molecule has 0 spiro atoms. The topological polar surface area (TPSA) is 130 Å². The molecular formula is C19H21N5O4S. The van der Waals surface area contributed by atoms with E-state index in [9.17, 15) is 18.0 Å². The molecule has 10 heteroatoms. The Morgan fingerprint density at radius 1 is 0.966 bits per heavy atom. The summed E-state index contributed by atoms with van der Waals surface area (Å²) < 4.78 is 26.9. The van der Waals surface area contributed by atoms with E-state index in [0.717, 1.165) is 67.7 Å². The minimum Gasteiger partial charge on any atom is -0.354 e. The molecule has 2 aromatic rings. The van der Waals surface area contributed by atoms with Crippen molar-refractivity contribution >= 4 is 27.6 Å². The van der Waals surface area contributed by atoms with Crippen LogP contribution >= 0.6 is 0 Å². The van der Waals surface area contributed by atoms with Gasteiger partial charge in [-0.25, -0.2) is 19.5 Å². The van der Waals surface area contributed by atoms with Gasteiger partial charge in [0.05, 0.1) is 12.4 Å². The Labute approximate surface area is 168 Å². The predicted octanol–water partition coefficient (Wildman–Crippen LogP) is 1.32. The van der Waals surface area contributed by atoms with Crippen molar-refractivity contribution < 1.29 is 18.0 Å². The highest BCUT2D eigenvalue weighted by atomic mass is 32.2. The summed E-state index contributed by atoms with van der Waals surface area (Å²) >= 11 is 0. The normalized spacial score (nSPS) is 14.8. The number of fused-ring (bicyclic) bond motifs is 2. The van der Waals surface area contributed by atoms with Crippen LogP contribution in [-0.4, -0.2) is 37.4 Å². The number of urea groups is 1. The van der Waals surface area contributed by atoms with Gasteiger partial charge in [0.25, 0.3) is 15.9 Å². The van der Waals surface area contributed by atoms with Crippen molar-refractivity contribution in [3.8, 4) is 0 Å². The first kappa shape index (κ1) is 19.3. The zero-order valence-electron chi connectivity index (χ0n) is 15.9. The van der Waals surface area contributed by atoms with Crippen LogP contribution in [0.25, 0.3) is 0 Å². The van der Waals surface area contributed by atoms with E-state index in [1.165, 1.54) is 18.2 Å². The standard InChI is InChI=1S/C19H21N5O4S/c1-20-18(25)15-9-22-16(10-21-15)29(27,28)24-19(26)23-17-13-6-2-4-11(13)8-12-5-3-7-14(12)17/h8-10H,2-7H2,1H3,(H,20,25)(H2,23,24,26). The molecule has 1 heterocycles. The largest absolute Gasteiger partial charge is 0.354 e. The summed E-state index contributed by atoms with van der Waals surface area (Å²) in [6.45, 7) is 0. The third-order valence-electron chi connectivity index (χ3n) is 5.30. The number of rotatable bonds is 4. The fourth-order valence-electron chi connectivity index (χ4n) is 3.98. The van der Waals surface area contributed by atoms with E-state index in [2.05, 4.69) is 26.7 Å². The minimum absolute atomic E-state index is 0.0219. The predicted molar refractivity (Wildman–Crippen MR) is 105 cm³/mol. The summed E-state index contributed by atoms with van der Waals surface area (Å²) in [6.07, 6.45) is 7.74. The first-order valence-corrected chi connectivity index (χ1v) is 10.9. The maximum atomic E-state index is 12.5. The monoisotopic (exact) mass is 415 g/mol. The van der Waals surface area contributed by atoms with Gasteiger partial charge in [0, 0.05) is 12.7 Å². The molecule has 0 saturated carbocycles. The molecule has 0 saturated heterocycles. The van der Waals surface area contributed by atoms with Crippen LogP contribution in [0.4, 0.5) is 10.5 Å². The van der Waals surface area contributed by atoms with Crippen molar-refractivity contribution in [3.05, 3.63) is 46.4 Å². The van der Waals surface area contributed by atoms with Crippen LogP contribution in [0.15, 0.2) is 23.5 Å². The molecule has 0 unspecified atom stereocenters. The first-order chi connectivity index (χ1) is 13.9. The van der Waals surface area contributed by atoms with E-state index >= 15 is 0 Å². The van der Waals surface area contributed by atoms with Crippen LogP contribution in [-0.2, 0) is 35.7 Å². The number of nitrogens with zero attached hydrogens (tertiary/aromatic N) is 2. The molecule has 0 aliphatic heterocycles. The average molecular weight is 415 g/mol. The van der Waals surface area contributed by atoms with Gasteiger partial charge < -0.3 is 10.6 Å². The van der Waals surface area contributed by atoms with Gasteiger partial charge in [0.15, 0.2) is 5.03 Å². The van der Waals surface area contributed by atoms with Crippen LogP contribution < -0.4 is 15.4 Å². The molecule has 0 fully saturated rings. The fraction of sp³-hybridized carbons (Fsp3) is 0.368. The average Bonchev–Trinajstić information content (AvgIpc) is 3.36. The second-order valence-corrected chi connectivity index (χ2v) is 8.74. The third kappa shape index (κ3) is 3.67. The van der Waals surface area contributed by atoms with Crippen molar-refractivity contribution in [2.75, 3.05) is 12.4 Å². The number of nitrogens with one attached hydrogen (secondary N) is 3. The van der Waals surface area contributed by atoms with Crippen molar-refractivity contribution in [3.63, 3.8) is 0 Å². The second kappa shape index (κ2) is 7.43. The Bertz CT molecular complexity index is 1060.